The molecule has 0 saturated heterocycles. The second kappa shape index (κ2) is 10.1. The molecule has 2 aliphatic rings. The number of para-hydroxylation sites is 1. The molecule has 0 N–H and O–H groups in total. The van der Waals surface area contributed by atoms with E-state index in [1.165, 1.54) is 15.9 Å². The molecule has 3 heterocycles. The number of hydrogen-bond acceptors (Lipinski definition) is 7. The van der Waals surface area contributed by atoms with Gasteiger partial charge in [-0.05, 0) is 51.0 Å². The van der Waals surface area contributed by atoms with Crippen LogP contribution in [0.2, 0.25) is 0 Å². The van der Waals surface area contributed by atoms with Gasteiger partial charge < -0.3 is 14.4 Å². The van der Waals surface area contributed by atoms with Crippen LogP contribution in [0.25, 0.3) is 5.57 Å². The minimum Gasteiger partial charge on any atom is -0.497 e. The number of allylic oxidation sites excluding steroid dienone is 1. The minimum atomic E-state index is -0.767. The molecule has 8 nitrogen and oxygen atoms in total. The number of rotatable bonds is 6. The van der Waals surface area contributed by atoms with Crippen molar-refractivity contribution in [1.29, 1.82) is 0 Å². The number of esters is 1. The van der Waals surface area contributed by atoms with Crippen molar-refractivity contribution >= 4 is 34.5 Å². The molecule has 0 radical (unpaired) electrons. The van der Waals surface area contributed by atoms with Crippen LogP contribution in [0.15, 0.2) is 69.6 Å². The van der Waals surface area contributed by atoms with Crippen molar-refractivity contribution in [2.75, 3.05) is 18.6 Å². The Hall–Kier alpha value is -3.98. The maximum atomic E-state index is 14.1. The van der Waals surface area contributed by atoms with Crippen LogP contribution in [0.5, 0.6) is 5.75 Å². The van der Waals surface area contributed by atoms with Crippen molar-refractivity contribution in [1.82, 2.24) is 4.57 Å². The molecule has 0 aliphatic carbocycles. The van der Waals surface area contributed by atoms with Gasteiger partial charge in [-0.3, -0.25) is 14.2 Å². The van der Waals surface area contributed by atoms with Gasteiger partial charge in [0.1, 0.15) is 10.3 Å². The predicted molar refractivity (Wildman–Crippen MR) is 146 cm³/mol. The molecule has 0 bridgehead atoms. The highest BCUT2D eigenvalue weighted by Crippen LogP contribution is 2.36. The van der Waals surface area contributed by atoms with Gasteiger partial charge in [-0.25, -0.2) is 9.79 Å². The number of nitrogens with zero attached hydrogens (tertiary/aromatic N) is 3. The average Bonchev–Trinajstić information content (AvgIpc) is 3.35. The molecular formula is C29H29N3O5S. The second-order valence-corrected chi connectivity index (χ2v) is 10.5. The first kappa shape index (κ1) is 25.7. The second-order valence-electron chi connectivity index (χ2n) is 9.48. The molecule has 2 aromatic carbocycles. The smallest absolute Gasteiger partial charge is 0.338 e. The summed E-state index contributed by atoms with van der Waals surface area (Å²) in [4.78, 5) is 47.9. The van der Waals surface area contributed by atoms with Crippen LogP contribution in [-0.2, 0) is 14.3 Å². The van der Waals surface area contributed by atoms with Crippen molar-refractivity contribution < 1.29 is 19.1 Å². The van der Waals surface area contributed by atoms with Crippen molar-refractivity contribution in [2.45, 2.75) is 46.3 Å². The molecule has 5 rings (SSSR count). The topological polar surface area (TPSA) is 90.2 Å². The Morgan fingerprint density at radius 3 is 2.47 bits per heavy atom. The van der Waals surface area contributed by atoms with Crippen molar-refractivity contribution in [2.24, 2.45) is 4.99 Å². The summed E-state index contributed by atoms with van der Waals surface area (Å²) in [6.07, 6.45) is 0.440. The van der Waals surface area contributed by atoms with Crippen LogP contribution in [0.4, 0.5) is 5.69 Å². The van der Waals surface area contributed by atoms with E-state index in [0.717, 1.165) is 17.7 Å². The Kier molecular flexibility index (Phi) is 6.79. The van der Waals surface area contributed by atoms with Gasteiger partial charge in [-0.2, -0.15) is 0 Å². The lowest BCUT2D eigenvalue weighted by Crippen LogP contribution is -2.41. The highest BCUT2D eigenvalue weighted by molar-refractivity contribution is 7.07. The summed E-state index contributed by atoms with van der Waals surface area (Å²) in [7, 11) is 1.58. The van der Waals surface area contributed by atoms with Crippen LogP contribution in [0, 0.1) is 0 Å². The van der Waals surface area contributed by atoms with E-state index in [2.05, 4.69) is 4.99 Å². The van der Waals surface area contributed by atoms with E-state index < -0.39 is 12.0 Å². The number of ether oxygens (including phenoxy) is 2. The Morgan fingerprint density at radius 2 is 1.82 bits per heavy atom. The van der Waals surface area contributed by atoms with Crippen molar-refractivity contribution in [3.63, 3.8) is 0 Å². The zero-order valence-corrected chi connectivity index (χ0v) is 22.8. The summed E-state index contributed by atoms with van der Waals surface area (Å²) >= 11 is 1.17. The van der Waals surface area contributed by atoms with Gasteiger partial charge in [0.05, 0.1) is 41.8 Å². The Morgan fingerprint density at radius 1 is 1.11 bits per heavy atom. The zero-order chi connectivity index (χ0) is 27.1. The quantitative estimate of drug-likeness (QED) is 0.455. The Balaban J connectivity index is 1.79. The van der Waals surface area contributed by atoms with Gasteiger partial charge in [0.2, 0.25) is 0 Å². The summed E-state index contributed by atoms with van der Waals surface area (Å²) in [5, 5.41) is 0. The Labute approximate surface area is 224 Å². The summed E-state index contributed by atoms with van der Waals surface area (Å²) in [6, 6.07) is 14.0. The van der Waals surface area contributed by atoms with Crippen LogP contribution in [0.3, 0.4) is 0 Å². The number of anilines is 1. The summed E-state index contributed by atoms with van der Waals surface area (Å²) in [5.74, 6) is -0.0783. The van der Waals surface area contributed by atoms with Crippen LogP contribution < -0.4 is 24.5 Å². The number of amides is 1. The highest BCUT2D eigenvalue weighted by atomic mass is 32.1. The van der Waals surface area contributed by atoms with Crippen LogP contribution in [0.1, 0.15) is 51.3 Å². The van der Waals surface area contributed by atoms with E-state index in [9.17, 15) is 14.4 Å². The number of thiazole rings is 1. The van der Waals surface area contributed by atoms with E-state index in [-0.39, 0.29) is 17.6 Å². The number of aromatic nitrogens is 1. The van der Waals surface area contributed by atoms with Crippen LogP contribution in [-0.4, -0.2) is 36.2 Å². The fourth-order valence-electron chi connectivity index (χ4n) is 4.96. The van der Waals surface area contributed by atoms with E-state index in [1.807, 2.05) is 43.3 Å². The lowest BCUT2D eigenvalue weighted by Gasteiger charge is -2.25. The fourth-order valence-corrected chi connectivity index (χ4v) is 6.09. The summed E-state index contributed by atoms with van der Waals surface area (Å²) in [5.41, 5.74) is 3.00. The van der Waals surface area contributed by atoms with Gasteiger partial charge in [-0.15, -0.1) is 0 Å². The van der Waals surface area contributed by atoms with Gasteiger partial charge in [0, 0.05) is 12.1 Å². The maximum absolute atomic E-state index is 14.1. The van der Waals surface area contributed by atoms with E-state index in [0.29, 0.717) is 44.0 Å². The molecular weight excluding hydrogens is 502 g/mol. The monoisotopic (exact) mass is 531 g/mol. The number of benzene rings is 2. The zero-order valence-electron chi connectivity index (χ0n) is 22.0. The number of carbonyl (C=O) groups is 2. The molecule has 1 aromatic heterocycles. The molecule has 0 saturated carbocycles. The van der Waals surface area contributed by atoms with Gasteiger partial charge >= 0.3 is 5.97 Å². The van der Waals surface area contributed by atoms with Crippen molar-refractivity contribution in [3.8, 4) is 5.75 Å². The molecule has 9 heteroatoms. The molecule has 1 unspecified atom stereocenters. The molecule has 1 atom stereocenters. The van der Waals surface area contributed by atoms with Gasteiger partial charge in [-0.1, -0.05) is 48.6 Å². The molecule has 196 valence electrons. The Bertz CT molecular complexity index is 1650. The SMILES string of the molecule is CCCN1C(=O)/C(=c2/sc3n(c2=O)C(c2ccc(OC)cc2)C(C(=O)OC(C)C)=C(C)N=3)c2ccccc21. The third kappa shape index (κ3) is 4.16. The first-order chi connectivity index (χ1) is 18.3. The number of hydrogen-bond donors (Lipinski definition) is 0. The number of methoxy groups -OCH3 is 1. The molecule has 2 aliphatic heterocycles. The molecule has 38 heavy (non-hydrogen) atoms. The summed E-state index contributed by atoms with van der Waals surface area (Å²) < 4.78 is 12.7. The minimum absolute atomic E-state index is 0.200. The standard InChI is InChI=1S/C29H29N3O5S/c1-6-15-31-21-10-8-7-9-20(21)23(26(31)33)25-27(34)32-24(18-11-13-19(36-5)14-12-18)22(28(35)37-16(2)3)17(4)30-29(32)38-25/h7-14,16,24H,6,15H2,1-5H3/b25-23+. The lowest BCUT2D eigenvalue weighted by molar-refractivity contribution is -0.143. The largest absolute Gasteiger partial charge is 0.497 e. The average molecular weight is 532 g/mol. The van der Waals surface area contributed by atoms with Crippen molar-refractivity contribution in [3.05, 3.63) is 90.6 Å². The normalized spacial score (nSPS) is 17.9. The first-order valence-corrected chi connectivity index (χ1v) is 13.4. The van der Waals surface area contributed by atoms with E-state index in [4.69, 9.17) is 9.47 Å². The first-order valence-electron chi connectivity index (χ1n) is 12.6. The molecule has 0 spiro atoms. The number of fused-ring (bicyclic) bond motifs is 2. The van der Waals surface area contributed by atoms with E-state index >= 15 is 0 Å². The third-order valence-corrected chi connectivity index (χ3v) is 7.64. The van der Waals surface area contributed by atoms with Crippen LogP contribution >= 0.6 is 11.3 Å². The molecule has 0 fully saturated rings. The highest BCUT2D eigenvalue weighted by Gasteiger charge is 2.37. The lowest BCUT2D eigenvalue weighted by atomic mass is 9.95. The predicted octanol–water partition coefficient (Wildman–Crippen LogP) is 3.32. The van der Waals surface area contributed by atoms with E-state index in [1.54, 1.807) is 44.9 Å². The van der Waals surface area contributed by atoms with Gasteiger partial charge in [0.25, 0.3) is 11.5 Å². The number of carbonyl (C=O) groups excluding carboxylic acids is 2. The molecule has 1 amide bonds. The fraction of sp³-hybridized carbons (Fsp3) is 0.310. The summed E-state index contributed by atoms with van der Waals surface area (Å²) in [6.45, 7) is 7.86. The maximum Gasteiger partial charge on any atom is 0.338 e. The van der Waals surface area contributed by atoms with Gasteiger partial charge in [0.15, 0.2) is 4.80 Å². The molecule has 3 aromatic rings. The third-order valence-electron chi connectivity index (χ3n) is 6.59.